The molecule has 0 aliphatic carbocycles. The van der Waals surface area contributed by atoms with Gasteiger partial charge in [0.2, 0.25) is 5.13 Å². The first kappa shape index (κ1) is 12.8. The van der Waals surface area contributed by atoms with Crippen LogP contribution in [0, 0.1) is 0 Å². The summed E-state index contributed by atoms with van der Waals surface area (Å²) in [5.74, 6) is 6.05. The number of anilines is 1. The highest BCUT2D eigenvalue weighted by atomic mass is 32.1. The lowest BCUT2D eigenvalue weighted by atomic mass is 10.3. The normalized spacial score (nSPS) is 16.9. The Hall–Kier alpha value is -1.21. The fourth-order valence-corrected chi connectivity index (χ4v) is 2.94. The van der Waals surface area contributed by atoms with Gasteiger partial charge in [-0.3, -0.25) is 5.01 Å². The van der Waals surface area contributed by atoms with E-state index in [1.807, 2.05) is 18.2 Å². The Balaban J connectivity index is 1.61. The molecule has 19 heavy (non-hydrogen) atoms. The number of hydrogen-bond acceptors (Lipinski definition) is 6. The van der Waals surface area contributed by atoms with Gasteiger partial charge in [-0.15, -0.1) is 0 Å². The fourth-order valence-electron chi connectivity index (χ4n) is 2.03. The number of para-hydroxylation sites is 1. The molecule has 0 bridgehead atoms. The summed E-state index contributed by atoms with van der Waals surface area (Å²) in [6.45, 7) is 2.22. The number of aromatic nitrogens is 1. The number of nitrogens with two attached hydrogens (primary N) is 1. The van der Waals surface area contributed by atoms with Crippen LogP contribution in [-0.4, -0.2) is 31.0 Å². The van der Waals surface area contributed by atoms with Crippen LogP contribution in [0.3, 0.4) is 0 Å². The van der Waals surface area contributed by atoms with E-state index in [9.17, 15) is 0 Å². The van der Waals surface area contributed by atoms with Gasteiger partial charge in [0.1, 0.15) is 0 Å². The molecular formula is C13H17N3O2S. The SMILES string of the molecule is NN(CCC1OCCCO1)c1nc2ccccc2s1. The highest BCUT2D eigenvalue weighted by molar-refractivity contribution is 7.22. The molecule has 1 aromatic carbocycles. The molecule has 6 heteroatoms. The Kier molecular flexibility index (Phi) is 3.93. The van der Waals surface area contributed by atoms with Crippen molar-refractivity contribution in [3.63, 3.8) is 0 Å². The van der Waals surface area contributed by atoms with Crippen molar-refractivity contribution in [3.8, 4) is 0 Å². The van der Waals surface area contributed by atoms with E-state index in [0.29, 0.717) is 6.54 Å². The third kappa shape index (κ3) is 3.03. The molecule has 0 radical (unpaired) electrons. The lowest BCUT2D eigenvalue weighted by molar-refractivity contribution is -0.179. The fraction of sp³-hybridized carbons (Fsp3) is 0.462. The zero-order chi connectivity index (χ0) is 13.1. The predicted octanol–water partition coefficient (Wildman–Crippen LogP) is 2.13. The molecule has 2 heterocycles. The van der Waals surface area contributed by atoms with Crippen LogP contribution in [0.4, 0.5) is 5.13 Å². The molecule has 1 aliphatic heterocycles. The summed E-state index contributed by atoms with van der Waals surface area (Å²) in [7, 11) is 0. The molecule has 1 aliphatic rings. The van der Waals surface area contributed by atoms with Crippen molar-refractivity contribution in [2.24, 2.45) is 5.84 Å². The van der Waals surface area contributed by atoms with Crippen LogP contribution in [0.15, 0.2) is 24.3 Å². The van der Waals surface area contributed by atoms with E-state index in [-0.39, 0.29) is 6.29 Å². The maximum atomic E-state index is 6.05. The first-order valence-corrected chi connectivity index (χ1v) is 7.25. The van der Waals surface area contributed by atoms with Gasteiger partial charge in [0.15, 0.2) is 6.29 Å². The smallest absolute Gasteiger partial charge is 0.200 e. The molecule has 3 rings (SSSR count). The number of thiazole rings is 1. The molecule has 1 aromatic heterocycles. The van der Waals surface area contributed by atoms with Gasteiger partial charge in [0.05, 0.1) is 23.4 Å². The monoisotopic (exact) mass is 279 g/mol. The number of rotatable bonds is 4. The molecule has 1 saturated heterocycles. The van der Waals surface area contributed by atoms with Crippen molar-refractivity contribution in [1.82, 2.24) is 4.98 Å². The Morgan fingerprint density at radius 3 is 2.89 bits per heavy atom. The number of fused-ring (bicyclic) bond motifs is 1. The summed E-state index contributed by atoms with van der Waals surface area (Å²) in [5.41, 5.74) is 0.989. The zero-order valence-electron chi connectivity index (χ0n) is 10.6. The molecule has 0 atom stereocenters. The summed E-state index contributed by atoms with van der Waals surface area (Å²) in [6, 6.07) is 8.04. The minimum atomic E-state index is -0.130. The topological polar surface area (TPSA) is 60.6 Å². The van der Waals surface area contributed by atoms with E-state index < -0.39 is 0 Å². The molecule has 0 unspecified atom stereocenters. The second kappa shape index (κ2) is 5.83. The van der Waals surface area contributed by atoms with Crippen molar-refractivity contribution in [2.75, 3.05) is 24.8 Å². The van der Waals surface area contributed by atoms with Gasteiger partial charge in [0.25, 0.3) is 0 Å². The Bertz CT molecular complexity index is 506. The third-order valence-corrected chi connectivity index (χ3v) is 4.10. The maximum absolute atomic E-state index is 6.05. The predicted molar refractivity (Wildman–Crippen MR) is 76.1 cm³/mol. The van der Waals surface area contributed by atoms with Gasteiger partial charge in [-0.25, -0.2) is 10.8 Å². The molecule has 0 amide bonds. The maximum Gasteiger partial charge on any atom is 0.200 e. The lowest BCUT2D eigenvalue weighted by Gasteiger charge is -2.25. The summed E-state index contributed by atoms with van der Waals surface area (Å²) < 4.78 is 12.2. The van der Waals surface area contributed by atoms with Crippen molar-refractivity contribution < 1.29 is 9.47 Å². The first-order valence-electron chi connectivity index (χ1n) is 6.44. The number of hydrazine groups is 1. The average Bonchev–Trinajstić information content (AvgIpc) is 2.90. The molecule has 102 valence electrons. The van der Waals surface area contributed by atoms with Crippen molar-refractivity contribution >= 4 is 26.7 Å². The second-order valence-corrected chi connectivity index (χ2v) is 5.48. The highest BCUT2D eigenvalue weighted by Crippen LogP contribution is 2.27. The number of nitrogens with zero attached hydrogens (tertiary/aromatic N) is 2. The standard InChI is InChI=1S/C13H17N3O2S/c14-16(7-6-12-17-8-3-9-18-12)13-15-10-4-1-2-5-11(10)19-13/h1-2,4-5,12H,3,6-9,14H2. The largest absolute Gasteiger partial charge is 0.353 e. The van der Waals surface area contributed by atoms with Gasteiger partial charge in [0, 0.05) is 13.0 Å². The second-order valence-electron chi connectivity index (χ2n) is 4.47. The Morgan fingerprint density at radius 1 is 1.32 bits per heavy atom. The number of ether oxygens (including phenoxy) is 2. The molecule has 1 fully saturated rings. The van der Waals surface area contributed by atoms with Gasteiger partial charge in [-0.2, -0.15) is 0 Å². The summed E-state index contributed by atoms with van der Waals surface area (Å²) >= 11 is 1.60. The average molecular weight is 279 g/mol. The van der Waals surface area contributed by atoms with Crippen molar-refractivity contribution in [1.29, 1.82) is 0 Å². The number of benzene rings is 1. The molecule has 0 spiro atoms. The molecule has 2 aromatic rings. The Morgan fingerprint density at radius 2 is 2.11 bits per heavy atom. The molecule has 5 nitrogen and oxygen atoms in total. The van der Waals surface area contributed by atoms with Gasteiger partial charge in [-0.1, -0.05) is 23.5 Å². The van der Waals surface area contributed by atoms with E-state index in [4.69, 9.17) is 15.3 Å². The van der Waals surface area contributed by atoms with Gasteiger partial charge in [-0.05, 0) is 18.6 Å². The van der Waals surface area contributed by atoms with Gasteiger partial charge >= 0.3 is 0 Å². The first-order chi connectivity index (χ1) is 9.33. The van der Waals surface area contributed by atoms with Crippen LogP contribution in [0.1, 0.15) is 12.8 Å². The van der Waals surface area contributed by atoms with Crippen LogP contribution < -0.4 is 10.9 Å². The summed E-state index contributed by atoms with van der Waals surface area (Å²) in [6.07, 6.45) is 1.60. The highest BCUT2D eigenvalue weighted by Gasteiger charge is 2.16. The van der Waals surface area contributed by atoms with E-state index in [0.717, 1.165) is 41.4 Å². The van der Waals surface area contributed by atoms with E-state index >= 15 is 0 Å². The van der Waals surface area contributed by atoms with E-state index in [2.05, 4.69) is 11.1 Å². The summed E-state index contributed by atoms with van der Waals surface area (Å²) in [4.78, 5) is 4.51. The van der Waals surface area contributed by atoms with Crippen LogP contribution in [-0.2, 0) is 9.47 Å². The van der Waals surface area contributed by atoms with Crippen LogP contribution in [0.25, 0.3) is 10.2 Å². The zero-order valence-corrected chi connectivity index (χ0v) is 11.4. The third-order valence-electron chi connectivity index (χ3n) is 3.03. The van der Waals surface area contributed by atoms with Crippen LogP contribution in [0.2, 0.25) is 0 Å². The quantitative estimate of drug-likeness (QED) is 0.686. The van der Waals surface area contributed by atoms with Crippen LogP contribution in [0.5, 0.6) is 0 Å². The molecular weight excluding hydrogens is 262 g/mol. The summed E-state index contributed by atoms with van der Waals surface area (Å²) in [5, 5.41) is 2.50. The van der Waals surface area contributed by atoms with Crippen molar-refractivity contribution in [3.05, 3.63) is 24.3 Å². The minimum absolute atomic E-state index is 0.130. The van der Waals surface area contributed by atoms with Crippen molar-refractivity contribution in [2.45, 2.75) is 19.1 Å². The van der Waals surface area contributed by atoms with Crippen LogP contribution >= 0.6 is 11.3 Å². The molecule has 0 saturated carbocycles. The lowest BCUT2D eigenvalue weighted by Crippen LogP contribution is -2.36. The van der Waals surface area contributed by atoms with Gasteiger partial charge < -0.3 is 9.47 Å². The minimum Gasteiger partial charge on any atom is -0.353 e. The molecule has 2 N–H and O–H groups in total. The van der Waals surface area contributed by atoms with E-state index in [1.165, 1.54) is 0 Å². The Labute approximate surface area is 115 Å². The van der Waals surface area contributed by atoms with E-state index in [1.54, 1.807) is 16.3 Å². The number of hydrogen-bond donors (Lipinski definition) is 1.